The zero-order valence-corrected chi connectivity index (χ0v) is 15.0. The van der Waals surface area contributed by atoms with E-state index in [0.29, 0.717) is 18.3 Å². The molecule has 0 bridgehead atoms. The quantitative estimate of drug-likeness (QED) is 0.553. The number of carbonyl (C=O) groups is 1. The first kappa shape index (κ1) is 17.2. The zero-order valence-electron chi connectivity index (χ0n) is 12.6. The van der Waals surface area contributed by atoms with Crippen LogP contribution >= 0.6 is 27.3 Å². The number of hydrogen-bond acceptors (Lipinski definition) is 5. The highest BCUT2D eigenvalue weighted by Crippen LogP contribution is 2.29. The number of ether oxygens (including phenoxy) is 2. The molecule has 0 fully saturated rings. The molecular weight excluding hydrogens is 368 g/mol. The van der Waals surface area contributed by atoms with Crippen LogP contribution in [0.25, 0.3) is 10.2 Å². The fourth-order valence-corrected chi connectivity index (χ4v) is 3.33. The van der Waals surface area contributed by atoms with Crippen molar-refractivity contribution in [3.05, 3.63) is 18.2 Å². The van der Waals surface area contributed by atoms with Crippen LogP contribution in [0.5, 0.6) is 5.75 Å². The lowest BCUT2D eigenvalue weighted by molar-refractivity contribution is -0.115. The molecule has 0 saturated carbocycles. The van der Waals surface area contributed by atoms with Gasteiger partial charge in [0.1, 0.15) is 12.4 Å². The van der Waals surface area contributed by atoms with Gasteiger partial charge in [-0.1, -0.05) is 40.6 Å². The minimum atomic E-state index is -0.183. The fraction of sp³-hybridized carbons (Fsp3) is 0.467. The molecule has 22 heavy (non-hydrogen) atoms. The molecule has 1 aromatic carbocycles. The summed E-state index contributed by atoms with van der Waals surface area (Å²) in [7, 11) is 1.64. The minimum Gasteiger partial charge on any atom is -0.491 e. The van der Waals surface area contributed by atoms with Crippen LogP contribution in [0, 0.1) is 0 Å². The first-order chi connectivity index (χ1) is 10.6. The van der Waals surface area contributed by atoms with Gasteiger partial charge in [0.25, 0.3) is 0 Å². The van der Waals surface area contributed by atoms with Crippen molar-refractivity contribution < 1.29 is 14.3 Å². The Morgan fingerprint density at radius 2 is 2.27 bits per heavy atom. The van der Waals surface area contributed by atoms with E-state index < -0.39 is 0 Å². The number of nitrogens with one attached hydrogen (secondary N) is 1. The van der Waals surface area contributed by atoms with Crippen LogP contribution in [0.15, 0.2) is 18.2 Å². The fourth-order valence-electron chi connectivity index (χ4n) is 1.86. The van der Waals surface area contributed by atoms with Crippen molar-refractivity contribution >= 4 is 48.5 Å². The van der Waals surface area contributed by atoms with Gasteiger partial charge in [0.15, 0.2) is 5.13 Å². The molecule has 1 aromatic heterocycles. The van der Waals surface area contributed by atoms with Gasteiger partial charge in [0.05, 0.1) is 21.7 Å². The summed E-state index contributed by atoms with van der Waals surface area (Å²) in [5, 5.41) is 3.45. The number of carbonyl (C=O) groups excluding carboxylic acids is 1. The van der Waals surface area contributed by atoms with E-state index in [1.165, 1.54) is 11.3 Å². The molecule has 0 unspecified atom stereocenters. The molecule has 0 aliphatic heterocycles. The third-order valence-electron chi connectivity index (χ3n) is 2.97. The van der Waals surface area contributed by atoms with Crippen LogP contribution in [-0.2, 0) is 9.53 Å². The molecule has 120 valence electrons. The maximum Gasteiger partial charge on any atom is 0.239 e. The maximum atomic E-state index is 12.0. The Morgan fingerprint density at radius 3 is 3.00 bits per heavy atom. The number of hydrogen-bond donors (Lipinski definition) is 1. The molecule has 1 amide bonds. The highest BCUT2D eigenvalue weighted by atomic mass is 79.9. The van der Waals surface area contributed by atoms with Crippen molar-refractivity contribution in [2.45, 2.75) is 24.6 Å². The molecular formula is C15H19BrN2O3S. The zero-order chi connectivity index (χ0) is 15.9. The molecule has 0 radical (unpaired) electrons. The van der Waals surface area contributed by atoms with Gasteiger partial charge in [-0.25, -0.2) is 4.98 Å². The average Bonchev–Trinajstić information content (AvgIpc) is 2.89. The molecule has 0 aliphatic rings. The topological polar surface area (TPSA) is 60.5 Å². The van der Waals surface area contributed by atoms with Crippen LogP contribution in [0.2, 0.25) is 0 Å². The molecule has 0 saturated heterocycles. The van der Waals surface area contributed by atoms with Crippen molar-refractivity contribution in [2.24, 2.45) is 0 Å². The Balaban J connectivity index is 2.05. The van der Waals surface area contributed by atoms with E-state index in [9.17, 15) is 4.79 Å². The lowest BCUT2D eigenvalue weighted by Crippen LogP contribution is -2.22. The number of amides is 1. The number of alkyl halides is 1. The minimum absolute atomic E-state index is 0.0579. The van der Waals surface area contributed by atoms with E-state index in [1.807, 2.05) is 25.1 Å². The molecule has 7 heteroatoms. The van der Waals surface area contributed by atoms with Crippen molar-refractivity contribution in [1.29, 1.82) is 0 Å². The Morgan fingerprint density at radius 1 is 1.45 bits per heavy atom. The third kappa shape index (κ3) is 4.66. The van der Waals surface area contributed by atoms with Crippen LogP contribution in [0.4, 0.5) is 5.13 Å². The van der Waals surface area contributed by atoms with Crippen LogP contribution < -0.4 is 10.1 Å². The number of thiazole rings is 1. The van der Waals surface area contributed by atoms with Crippen LogP contribution in [0.3, 0.4) is 0 Å². The number of benzene rings is 1. The number of aromatic nitrogens is 1. The van der Waals surface area contributed by atoms with Crippen LogP contribution in [-0.4, -0.2) is 36.0 Å². The lowest BCUT2D eigenvalue weighted by atomic mass is 10.2. The SMILES string of the molecule is CCC[C@H](Br)C(=O)Nc1nc2ccc(OCCOC)cc2s1. The van der Waals surface area contributed by atoms with E-state index in [0.717, 1.165) is 28.8 Å². The smallest absolute Gasteiger partial charge is 0.239 e. The predicted molar refractivity (Wildman–Crippen MR) is 93.2 cm³/mol. The van der Waals surface area contributed by atoms with Gasteiger partial charge in [-0.15, -0.1) is 0 Å². The first-order valence-corrected chi connectivity index (χ1v) is 8.84. The molecule has 1 N–H and O–H groups in total. The summed E-state index contributed by atoms with van der Waals surface area (Å²) in [5.41, 5.74) is 0.848. The number of fused-ring (bicyclic) bond motifs is 1. The van der Waals surface area contributed by atoms with Crippen molar-refractivity contribution in [3.8, 4) is 5.75 Å². The Bertz CT molecular complexity index is 632. The van der Waals surface area contributed by atoms with Gasteiger partial charge >= 0.3 is 0 Å². The van der Waals surface area contributed by atoms with Crippen molar-refractivity contribution in [1.82, 2.24) is 4.98 Å². The van der Waals surface area contributed by atoms with Gasteiger partial charge in [0, 0.05) is 7.11 Å². The third-order valence-corrected chi connectivity index (χ3v) is 4.78. The molecule has 0 aliphatic carbocycles. The largest absolute Gasteiger partial charge is 0.491 e. The molecule has 0 spiro atoms. The monoisotopic (exact) mass is 386 g/mol. The average molecular weight is 387 g/mol. The van der Waals surface area contributed by atoms with Crippen LogP contribution in [0.1, 0.15) is 19.8 Å². The molecule has 5 nitrogen and oxygen atoms in total. The number of nitrogens with zero attached hydrogens (tertiary/aromatic N) is 1. The second-order valence-corrected chi connectivity index (χ2v) is 6.87. The summed E-state index contributed by atoms with van der Waals surface area (Å²) in [6, 6.07) is 5.69. The number of anilines is 1. The number of halogens is 1. The second kappa shape index (κ2) is 8.45. The molecule has 2 rings (SSSR count). The van der Waals surface area contributed by atoms with E-state index >= 15 is 0 Å². The highest BCUT2D eigenvalue weighted by Gasteiger charge is 2.15. The van der Waals surface area contributed by atoms with Gasteiger partial charge in [-0.05, 0) is 24.6 Å². The molecule has 1 heterocycles. The summed E-state index contributed by atoms with van der Waals surface area (Å²) in [6.45, 7) is 3.10. The standard InChI is InChI=1S/C15H19BrN2O3S/c1-3-4-11(16)14(19)18-15-17-12-6-5-10(9-13(12)22-15)21-8-7-20-2/h5-6,9,11H,3-4,7-8H2,1-2H3,(H,17,18,19)/t11-/m0/s1. The van der Waals surface area contributed by atoms with E-state index in [1.54, 1.807) is 7.11 Å². The van der Waals surface area contributed by atoms with Gasteiger partial charge < -0.3 is 14.8 Å². The summed E-state index contributed by atoms with van der Waals surface area (Å²) in [4.78, 5) is 16.2. The lowest BCUT2D eigenvalue weighted by Gasteiger charge is -2.06. The Labute approximate surface area is 142 Å². The van der Waals surface area contributed by atoms with E-state index in [4.69, 9.17) is 9.47 Å². The van der Waals surface area contributed by atoms with E-state index in [-0.39, 0.29) is 10.7 Å². The maximum absolute atomic E-state index is 12.0. The summed E-state index contributed by atoms with van der Waals surface area (Å²) < 4.78 is 11.5. The molecule has 1 atom stereocenters. The van der Waals surface area contributed by atoms with Gasteiger partial charge in [-0.2, -0.15) is 0 Å². The summed E-state index contributed by atoms with van der Waals surface area (Å²) in [6.07, 6.45) is 1.75. The van der Waals surface area contributed by atoms with Crippen molar-refractivity contribution in [2.75, 3.05) is 25.6 Å². The number of rotatable bonds is 8. The van der Waals surface area contributed by atoms with E-state index in [2.05, 4.69) is 26.2 Å². The van der Waals surface area contributed by atoms with Gasteiger partial charge in [-0.3, -0.25) is 4.79 Å². The highest BCUT2D eigenvalue weighted by molar-refractivity contribution is 9.10. The predicted octanol–water partition coefficient (Wildman–Crippen LogP) is 3.82. The Hall–Kier alpha value is -1.18. The van der Waals surface area contributed by atoms with Crippen molar-refractivity contribution in [3.63, 3.8) is 0 Å². The Kier molecular flexibility index (Phi) is 6.60. The first-order valence-electron chi connectivity index (χ1n) is 7.11. The number of methoxy groups -OCH3 is 1. The second-order valence-electron chi connectivity index (χ2n) is 4.74. The summed E-state index contributed by atoms with van der Waals surface area (Å²) >= 11 is 4.82. The van der Waals surface area contributed by atoms with Gasteiger partial charge in [0.2, 0.25) is 5.91 Å². The molecule has 2 aromatic rings. The summed E-state index contributed by atoms with van der Waals surface area (Å²) in [5.74, 6) is 0.716. The normalized spacial score (nSPS) is 12.3.